The molecule has 0 radical (unpaired) electrons. The van der Waals surface area contributed by atoms with Crippen LogP contribution in [0, 0.1) is 0 Å². The molecule has 0 saturated carbocycles. The van der Waals surface area contributed by atoms with Crippen molar-refractivity contribution in [1.29, 1.82) is 0 Å². The fourth-order valence-electron chi connectivity index (χ4n) is 2.24. The summed E-state index contributed by atoms with van der Waals surface area (Å²) in [7, 11) is 0. The Bertz CT molecular complexity index is 560. The van der Waals surface area contributed by atoms with Crippen LogP contribution in [0.5, 0.6) is 0 Å². The van der Waals surface area contributed by atoms with Gasteiger partial charge in [0.1, 0.15) is 10.5 Å². The second kappa shape index (κ2) is 6.36. The third kappa shape index (κ3) is 2.85. The Balaban J connectivity index is 2.39. The van der Waals surface area contributed by atoms with Crippen LogP contribution >= 0.6 is 15.9 Å². The molecule has 2 rings (SSSR count). The first-order chi connectivity index (χ1) is 9.56. The van der Waals surface area contributed by atoms with Crippen molar-refractivity contribution in [2.45, 2.75) is 25.9 Å². The smallest absolute Gasteiger partial charge is 0.327 e. The Morgan fingerprint density at radius 1 is 1.65 bits per heavy atom. The van der Waals surface area contributed by atoms with E-state index < -0.39 is 12.0 Å². The topological polar surface area (TPSA) is 87.5 Å². The van der Waals surface area contributed by atoms with Gasteiger partial charge in [-0.2, -0.15) is 5.10 Å². The van der Waals surface area contributed by atoms with Crippen LogP contribution in [0.3, 0.4) is 0 Å². The van der Waals surface area contributed by atoms with Gasteiger partial charge < -0.3 is 15.3 Å². The second-order valence-electron chi connectivity index (χ2n) is 4.62. The summed E-state index contributed by atoms with van der Waals surface area (Å²) < 4.78 is 1.75. The Labute approximate surface area is 124 Å². The van der Waals surface area contributed by atoms with Crippen LogP contribution in [0.2, 0.25) is 0 Å². The van der Waals surface area contributed by atoms with Gasteiger partial charge >= 0.3 is 5.97 Å². The number of aryl methyl sites for hydroxylation is 1. The molecule has 1 atom stereocenters. The summed E-state index contributed by atoms with van der Waals surface area (Å²) in [6.07, 6.45) is 2.37. The maximum atomic E-state index is 12.2. The monoisotopic (exact) mass is 344 g/mol. The molecule has 1 aliphatic heterocycles. The van der Waals surface area contributed by atoms with Crippen molar-refractivity contribution in [3.63, 3.8) is 0 Å². The highest BCUT2D eigenvalue weighted by Gasteiger charge is 2.30. The zero-order chi connectivity index (χ0) is 14.7. The van der Waals surface area contributed by atoms with Crippen LogP contribution in [-0.2, 0) is 11.3 Å². The molecule has 1 aromatic heterocycles. The van der Waals surface area contributed by atoms with Gasteiger partial charge in [-0.05, 0) is 22.4 Å². The molecule has 0 aromatic carbocycles. The van der Waals surface area contributed by atoms with Gasteiger partial charge in [-0.1, -0.05) is 6.92 Å². The zero-order valence-corrected chi connectivity index (χ0v) is 12.8. The number of hydrogen-bond acceptors (Lipinski definition) is 5. The number of nitrogens with zero attached hydrogens (tertiary/aromatic N) is 3. The van der Waals surface area contributed by atoms with Gasteiger partial charge in [-0.25, -0.2) is 9.48 Å². The molecule has 1 saturated heterocycles. The Hall–Kier alpha value is -1.41. The standard InChI is InChI=1S/C12H17BrN4O3/c1-2-4-17-11(18)10(13)8(7-15-17)16-5-3-14-6-9(16)12(19)20/h7,9,14H,2-6H2,1H3,(H,19,20). The highest BCUT2D eigenvalue weighted by Crippen LogP contribution is 2.24. The molecule has 1 aromatic rings. The maximum Gasteiger partial charge on any atom is 0.327 e. The first-order valence-corrected chi connectivity index (χ1v) is 7.31. The number of piperazine rings is 1. The summed E-state index contributed by atoms with van der Waals surface area (Å²) in [4.78, 5) is 25.2. The molecule has 110 valence electrons. The predicted octanol–water partition coefficient (Wildman–Crippen LogP) is 0.279. The third-order valence-electron chi connectivity index (χ3n) is 3.24. The summed E-state index contributed by atoms with van der Waals surface area (Å²) >= 11 is 3.28. The maximum absolute atomic E-state index is 12.2. The van der Waals surface area contributed by atoms with E-state index in [4.69, 9.17) is 0 Å². The summed E-state index contributed by atoms with van der Waals surface area (Å²) in [6.45, 7) is 4.05. The molecule has 1 unspecified atom stereocenters. The van der Waals surface area contributed by atoms with Gasteiger partial charge in [0.2, 0.25) is 0 Å². The molecule has 0 spiro atoms. The normalized spacial score (nSPS) is 19.1. The summed E-state index contributed by atoms with van der Waals surface area (Å²) in [6, 6.07) is -0.691. The summed E-state index contributed by atoms with van der Waals surface area (Å²) in [5, 5.41) is 16.4. The number of anilines is 1. The van der Waals surface area contributed by atoms with Crippen LogP contribution < -0.4 is 15.8 Å². The molecular weight excluding hydrogens is 328 g/mol. The molecule has 8 heteroatoms. The Morgan fingerprint density at radius 3 is 3.05 bits per heavy atom. The molecular formula is C12H17BrN4O3. The van der Waals surface area contributed by atoms with Crippen molar-refractivity contribution in [2.24, 2.45) is 0 Å². The number of carboxylic acids is 1. The zero-order valence-electron chi connectivity index (χ0n) is 11.2. The Kier molecular flexibility index (Phi) is 4.77. The number of aliphatic carboxylic acids is 1. The highest BCUT2D eigenvalue weighted by molar-refractivity contribution is 9.10. The minimum absolute atomic E-state index is 0.230. The largest absolute Gasteiger partial charge is 0.480 e. The average Bonchev–Trinajstić information content (AvgIpc) is 2.44. The fraction of sp³-hybridized carbons (Fsp3) is 0.583. The number of rotatable bonds is 4. The van der Waals surface area contributed by atoms with Crippen LogP contribution in [-0.4, -0.2) is 46.5 Å². The average molecular weight is 345 g/mol. The number of carboxylic acid groups (broad SMARTS) is 1. The van der Waals surface area contributed by atoms with Gasteiger partial charge in [0, 0.05) is 26.2 Å². The lowest BCUT2D eigenvalue weighted by molar-refractivity contribution is -0.138. The van der Waals surface area contributed by atoms with Crippen LogP contribution in [0.4, 0.5) is 5.69 Å². The quantitative estimate of drug-likeness (QED) is 0.815. The lowest BCUT2D eigenvalue weighted by Crippen LogP contribution is -2.55. The van der Waals surface area contributed by atoms with E-state index in [2.05, 4.69) is 26.3 Å². The molecule has 0 bridgehead atoms. The molecule has 0 amide bonds. The SMILES string of the molecule is CCCn1ncc(N2CCNCC2C(=O)O)c(Br)c1=O. The van der Waals surface area contributed by atoms with Crippen molar-refractivity contribution in [3.8, 4) is 0 Å². The first kappa shape index (κ1) is 15.0. The number of carbonyl (C=O) groups is 1. The minimum Gasteiger partial charge on any atom is -0.480 e. The van der Waals surface area contributed by atoms with Crippen LogP contribution in [0.25, 0.3) is 0 Å². The van der Waals surface area contributed by atoms with Crippen molar-refractivity contribution in [2.75, 3.05) is 24.5 Å². The second-order valence-corrected chi connectivity index (χ2v) is 5.42. The molecule has 2 heterocycles. The van der Waals surface area contributed by atoms with E-state index in [1.54, 1.807) is 11.1 Å². The molecule has 2 N–H and O–H groups in total. The summed E-state index contributed by atoms with van der Waals surface area (Å²) in [5.41, 5.74) is 0.309. The fourth-order valence-corrected chi connectivity index (χ4v) is 2.78. The van der Waals surface area contributed by atoms with Crippen LogP contribution in [0.1, 0.15) is 13.3 Å². The minimum atomic E-state index is -0.915. The number of aromatic nitrogens is 2. The van der Waals surface area contributed by atoms with Crippen molar-refractivity contribution in [1.82, 2.24) is 15.1 Å². The van der Waals surface area contributed by atoms with Crippen molar-refractivity contribution >= 4 is 27.6 Å². The molecule has 1 aliphatic rings. The van der Waals surface area contributed by atoms with E-state index in [9.17, 15) is 14.7 Å². The first-order valence-electron chi connectivity index (χ1n) is 6.52. The van der Waals surface area contributed by atoms with E-state index in [1.165, 1.54) is 4.68 Å². The van der Waals surface area contributed by atoms with E-state index in [1.807, 2.05) is 6.92 Å². The van der Waals surface area contributed by atoms with E-state index in [-0.39, 0.29) is 5.56 Å². The van der Waals surface area contributed by atoms with Gasteiger partial charge in [-0.3, -0.25) is 4.79 Å². The predicted molar refractivity (Wildman–Crippen MR) is 78.1 cm³/mol. The Morgan fingerprint density at radius 2 is 2.40 bits per heavy atom. The lowest BCUT2D eigenvalue weighted by Gasteiger charge is -2.35. The van der Waals surface area contributed by atoms with E-state index in [0.717, 1.165) is 6.42 Å². The van der Waals surface area contributed by atoms with Gasteiger partial charge in [-0.15, -0.1) is 0 Å². The number of halogens is 1. The van der Waals surface area contributed by atoms with E-state index in [0.29, 0.717) is 36.3 Å². The van der Waals surface area contributed by atoms with Gasteiger partial charge in [0.15, 0.2) is 0 Å². The molecule has 1 fully saturated rings. The van der Waals surface area contributed by atoms with E-state index >= 15 is 0 Å². The summed E-state index contributed by atoms with van der Waals surface area (Å²) in [5.74, 6) is -0.915. The molecule has 20 heavy (non-hydrogen) atoms. The number of hydrogen-bond donors (Lipinski definition) is 2. The van der Waals surface area contributed by atoms with Gasteiger partial charge in [0.05, 0.1) is 11.9 Å². The third-order valence-corrected chi connectivity index (χ3v) is 3.99. The number of nitrogens with one attached hydrogen (secondary N) is 1. The molecule has 0 aliphatic carbocycles. The van der Waals surface area contributed by atoms with Gasteiger partial charge in [0.25, 0.3) is 5.56 Å². The molecule has 7 nitrogen and oxygen atoms in total. The van der Waals surface area contributed by atoms with Crippen molar-refractivity contribution in [3.05, 3.63) is 21.0 Å². The van der Waals surface area contributed by atoms with Crippen molar-refractivity contribution < 1.29 is 9.90 Å². The lowest BCUT2D eigenvalue weighted by atomic mass is 10.2. The highest BCUT2D eigenvalue weighted by atomic mass is 79.9. The van der Waals surface area contributed by atoms with Crippen LogP contribution in [0.15, 0.2) is 15.5 Å².